The van der Waals surface area contributed by atoms with E-state index < -0.39 is 5.97 Å². The zero-order valence-corrected chi connectivity index (χ0v) is 11.7. The summed E-state index contributed by atoms with van der Waals surface area (Å²) in [5, 5.41) is 9.01. The molecule has 1 saturated carbocycles. The Morgan fingerprint density at radius 3 is 2.50 bits per heavy atom. The van der Waals surface area contributed by atoms with E-state index in [4.69, 9.17) is 16.7 Å². The van der Waals surface area contributed by atoms with Crippen LogP contribution in [0.15, 0.2) is 10.4 Å². The minimum Gasteiger partial charge on any atom is -0.481 e. The number of hydrogen-bond donors (Lipinski definition) is 1. The molecule has 92 valence electrons. The third kappa shape index (κ3) is 3.17. The van der Waals surface area contributed by atoms with Gasteiger partial charge in [0.2, 0.25) is 0 Å². The van der Waals surface area contributed by atoms with Crippen LogP contribution >= 0.6 is 23.4 Å². The molecule has 1 aliphatic rings. The molecule has 0 unspecified atom stereocenters. The van der Waals surface area contributed by atoms with Crippen LogP contribution in [0.2, 0.25) is 0 Å². The first-order valence-electron chi connectivity index (χ1n) is 5.49. The Kier molecular flexibility index (Phi) is 4.35. The van der Waals surface area contributed by atoms with E-state index >= 15 is 0 Å². The van der Waals surface area contributed by atoms with E-state index in [2.05, 4.69) is 13.8 Å². The molecule has 16 heavy (non-hydrogen) atoms. The number of carboxylic acids is 1. The molecule has 0 aromatic carbocycles. The second kappa shape index (κ2) is 5.01. The van der Waals surface area contributed by atoms with Crippen molar-refractivity contribution in [1.82, 2.24) is 0 Å². The molecule has 0 aromatic heterocycles. The lowest BCUT2D eigenvalue weighted by Gasteiger charge is -2.03. The van der Waals surface area contributed by atoms with Gasteiger partial charge in [-0.25, -0.2) is 0 Å². The Bertz CT molecular complexity index is 310. The van der Waals surface area contributed by atoms with Crippen molar-refractivity contribution < 1.29 is 9.90 Å². The molecule has 0 spiro atoms. The van der Waals surface area contributed by atoms with E-state index in [1.165, 1.54) is 0 Å². The Hall–Kier alpha value is -0.150. The summed E-state index contributed by atoms with van der Waals surface area (Å²) in [4.78, 5) is 11.0. The summed E-state index contributed by atoms with van der Waals surface area (Å²) in [5.74, 6) is 0.650. The molecule has 0 aromatic rings. The van der Waals surface area contributed by atoms with Crippen LogP contribution in [0.5, 0.6) is 0 Å². The van der Waals surface area contributed by atoms with Crippen LogP contribution in [0.25, 0.3) is 0 Å². The Morgan fingerprint density at radius 2 is 2.12 bits per heavy atom. The minimum absolute atomic E-state index is 0.0807. The number of rotatable bonds is 5. The lowest BCUT2D eigenvalue weighted by molar-refractivity contribution is -0.139. The molecule has 1 rings (SSSR count). The van der Waals surface area contributed by atoms with Crippen LogP contribution in [0.4, 0.5) is 0 Å². The molecular weight excluding hydrogens is 244 g/mol. The maximum absolute atomic E-state index is 11.0. The smallest absolute Gasteiger partial charge is 0.307 e. The minimum atomic E-state index is -0.718. The molecule has 0 aliphatic heterocycles. The van der Waals surface area contributed by atoms with Crippen molar-refractivity contribution in [1.29, 1.82) is 0 Å². The summed E-state index contributed by atoms with van der Waals surface area (Å²) in [5.41, 5.74) is -0.148. The molecule has 0 heterocycles. The van der Waals surface area contributed by atoms with Gasteiger partial charge in [0.15, 0.2) is 0 Å². The molecule has 0 amide bonds. The van der Waals surface area contributed by atoms with E-state index in [1.54, 1.807) is 11.8 Å². The second-order valence-corrected chi connectivity index (χ2v) is 7.03. The quantitative estimate of drug-likeness (QED) is 0.819. The molecule has 2 nitrogen and oxygen atoms in total. The maximum Gasteiger partial charge on any atom is 0.307 e. The maximum atomic E-state index is 11.0. The predicted octanol–water partition coefficient (Wildman–Crippen LogP) is 3.81. The molecule has 4 heteroatoms. The van der Waals surface area contributed by atoms with Crippen LogP contribution in [0.1, 0.15) is 27.7 Å². The first-order chi connectivity index (χ1) is 7.26. The van der Waals surface area contributed by atoms with Crippen molar-refractivity contribution in [2.24, 2.45) is 23.2 Å². The monoisotopic (exact) mass is 262 g/mol. The van der Waals surface area contributed by atoms with Gasteiger partial charge in [-0.2, -0.15) is 0 Å². The Morgan fingerprint density at radius 1 is 1.56 bits per heavy atom. The molecule has 0 saturated heterocycles. The molecule has 2 atom stereocenters. The lowest BCUT2D eigenvalue weighted by Crippen LogP contribution is -2.03. The van der Waals surface area contributed by atoms with Gasteiger partial charge in [0.1, 0.15) is 0 Å². The number of aliphatic carboxylic acids is 1. The second-order valence-electron chi connectivity index (χ2n) is 5.34. The summed E-state index contributed by atoms with van der Waals surface area (Å²) in [7, 11) is 0. The Labute approximate surface area is 106 Å². The molecule has 1 N–H and O–H groups in total. The van der Waals surface area contributed by atoms with Gasteiger partial charge in [-0.15, -0.1) is 11.8 Å². The fourth-order valence-corrected chi connectivity index (χ4v) is 2.96. The molecule has 1 fully saturated rings. The van der Waals surface area contributed by atoms with Gasteiger partial charge in [0.05, 0.1) is 10.3 Å². The van der Waals surface area contributed by atoms with Crippen LogP contribution in [0, 0.1) is 23.2 Å². The summed E-state index contributed by atoms with van der Waals surface area (Å²) in [6, 6.07) is 0. The number of hydrogen-bond acceptors (Lipinski definition) is 2. The normalized spacial score (nSPS) is 28.2. The average Bonchev–Trinajstić information content (AvgIpc) is 2.64. The molecular formula is C12H19ClO2S. The van der Waals surface area contributed by atoms with Crippen LogP contribution < -0.4 is 0 Å². The van der Waals surface area contributed by atoms with Crippen molar-refractivity contribution in [2.75, 3.05) is 5.75 Å². The topological polar surface area (TPSA) is 37.3 Å². The van der Waals surface area contributed by atoms with Gasteiger partial charge >= 0.3 is 5.97 Å². The standard InChI is InChI=1S/C12H19ClO2S/c1-7(2)6-16-9(13)5-8-10(11(14)15)12(8,3)4/h5,7-8,10H,6H2,1-4H3,(H,14,15)/t8-,10+/m1/s1. The summed E-state index contributed by atoms with van der Waals surface area (Å²) in [6.07, 6.45) is 1.91. The highest BCUT2D eigenvalue weighted by atomic mass is 35.5. The van der Waals surface area contributed by atoms with Crippen molar-refractivity contribution in [3.8, 4) is 0 Å². The van der Waals surface area contributed by atoms with Crippen LogP contribution in [-0.4, -0.2) is 16.8 Å². The SMILES string of the molecule is CC(C)CSC(Cl)=C[C@@H]1[C@@H](C(=O)O)C1(C)C. The van der Waals surface area contributed by atoms with Crippen LogP contribution in [-0.2, 0) is 4.79 Å². The van der Waals surface area contributed by atoms with Crippen LogP contribution in [0.3, 0.4) is 0 Å². The first-order valence-corrected chi connectivity index (χ1v) is 6.86. The molecule has 0 bridgehead atoms. The van der Waals surface area contributed by atoms with Crippen molar-refractivity contribution in [3.63, 3.8) is 0 Å². The van der Waals surface area contributed by atoms with Gasteiger partial charge in [0.25, 0.3) is 0 Å². The zero-order valence-electron chi connectivity index (χ0n) is 10.2. The van der Waals surface area contributed by atoms with Gasteiger partial charge in [-0.1, -0.05) is 45.4 Å². The number of carboxylic acid groups (broad SMARTS) is 1. The Balaban J connectivity index is 2.55. The number of carbonyl (C=O) groups is 1. The third-order valence-electron chi connectivity index (χ3n) is 3.04. The van der Waals surface area contributed by atoms with Crippen molar-refractivity contribution >= 4 is 29.3 Å². The van der Waals surface area contributed by atoms with E-state index in [0.717, 1.165) is 10.1 Å². The number of allylic oxidation sites excluding steroid dienone is 1. The van der Waals surface area contributed by atoms with E-state index in [-0.39, 0.29) is 17.3 Å². The summed E-state index contributed by atoms with van der Waals surface area (Å²) >= 11 is 7.69. The van der Waals surface area contributed by atoms with Crippen molar-refractivity contribution in [3.05, 3.63) is 10.4 Å². The van der Waals surface area contributed by atoms with Gasteiger partial charge < -0.3 is 5.11 Å². The van der Waals surface area contributed by atoms with E-state index in [0.29, 0.717) is 5.92 Å². The molecule has 0 radical (unpaired) electrons. The summed E-state index contributed by atoms with van der Waals surface area (Å²) in [6.45, 7) is 8.23. The fraction of sp³-hybridized carbons (Fsp3) is 0.750. The fourth-order valence-electron chi connectivity index (χ4n) is 1.90. The first kappa shape index (κ1) is 13.9. The van der Waals surface area contributed by atoms with Gasteiger partial charge in [0, 0.05) is 5.75 Å². The highest BCUT2D eigenvalue weighted by Crippen LogP contribution is 2.59. The predicted molar refractivity (Wildman–Crippen MR) is 69.6 cm³/mol. The summed E-state index contributed by atoms with van der Waals surface area (Å²) < 4.78 is 0.732. The van der Waals surface area contributed by atoms with Gasteiger partial charge in [-0.3, -0.25) is 4.79 Å². The van der Waals surface area contributed by atoms with Gasteiger partial charge in [-0.05, 0) is 17.3 Å². The highest BCUT2D eigenvalue weighted by molar-refractivity contribution is 8.04. The highest BCUT2D eigenvalue weighted by Gasteiger charge is 2.61. The average molecular weight is 263 g/mol. The molecule has 1 aliphatic carbocycles. The third-order valence-corrected chi connectivity index (χ3v) is 4.74. The van der Waals surface area contributed by atoms with Crippen molar-refractivity contribution in [2.45, 2.75) is 27.7 Å². The number of thioether (sulfide) groups is 1. The lowest BCUT2D eigenvalue weighted by atomic mass is 10.1. The van der Waals surface area contributed by atoms with E-state index in [9.17, 15) is 4.79 Å². The van der Waals surface area contributed by atoms with E-state index in [1.807, 2.05) is 19.9 Å². The largest absolute Gasteiger partial charge is 0.481 e. The zero-order chi connectivity index (χ0) is 12.5. The number of halogens is 1.